The van der Waals surface area contributed by atoms with Crippen LogP contribution in [0.4, 0.5) is 11.4 Å². The first-order valence-electron chi connectivity index (χ1n) is 9.53. The van der Waals surface area contributed by atoms with E-state index in [1.807, 2.05) is 54.6 Å². The third-order valence-corrected chi connectivity index (χ3v) is 4.94. The van der Waals surface area contributed by atoms with Crippen LogP contribution in [-0.2, 0) is 11.2 Å². The second-order valence-corrected chi connectivity index (χ2v) is 6.94. The second kappa shape index (κ2) is 9.33. The highest BCUT2D eigenvalue weighted by atomic mass is 32.1. The normalized spacial score (nSPS) is 10.5. The molecular weight excluding hydrogens is 366 g/mol. The Bertz CT molecular complexity index is 960. The molecule has 3 aromatic rings. The molecule has 0 aliphatic carbocycles. The third kappa shape index (κ3) is 4.87. The van der Waals surface area contributed by atoms with Gasteiger partial charge in [0.25, 0.3) is 0 Å². The van der Waals surface area contributed by atoms with E-state index in [9.17, 15) is 4.79 Å². The fourth-order valence-corrected chi connectivity index (χ4v) is 3.53. The maximum Gasteiger partial charge on any atom is 0.230 e. The van der Waals surface area contributed by atoms with Crippen molar-refractivity contribution in [2.45, 2.75) is 20.3 Å². The van der Waals surface area contributed by atoms with Gasteiger partial charge in [0.1, 0.15) is 0 Å². The number of fused-ring (bicyclic) bond motifs is 1. The molecule has 2 N–H and O–H groups in total. The Morgan fingerprint density at radius 1 is 0.929 bits per heavy atom. The molecule has 0 heterocycles. The van der Waals surface area contributed by atoms with E-state index in [1.54, 1.807) is 0 Å². The van der Waals surface area contributed by atoms with Crippen LogP contribution < -0.4 is 15.5 Å². The number of hydrogen-bond acceptors (Lipinski definition) is 3. The van der Waals surface area contributed by atoms with Gasteiger partial charge in [-0.05, 0) is 66.7 Å². The number of carbonyl (C=O) groups excluding carboxylic acids is 1. The summed E-state index contributed by atoms with van der Waals surface area (Å²) in [5, 5.41) is 8.37. The largest absolute Gasteiger partial charge is 0.372 e. The van der Waals surface area contributed by atoms with Crippen molar-refractivity contribution in [3.8, 4) is 0 Å². The summed E-state index contributed by atoms with van der Waals surface area (Å²) in [5.41, 5.74) is 3.01. The van der Waals surface area contributed by atoms with Crippen LogP contribution in [0, 0.1) is 0 Å². The Hall–Kier alpha value is -2.92. The predicted octanol–water partition coefficient (Wildman–Crippen LogP) is 4.74. The number of nitrogens with zero attached hydrogens (tertiary/aromatic N) is 1. The molecule has 3 rings (SSSR count). The Balaban J connectivity index is 1.59. The number of thiocarbonyl (C=S) groups is 1. The Labute approximate surface area is 171 Å². The molecule has 0 saturated heterocycles. The van der Waals surface area contributed by atoms with Crippen molar-refractivity contribution >= 4 is 45.4 Å². The summed E-state index contributed by atoms with van der Waals surface area (Å²) in [7, 11) is 0. The molecular formula is C23H25N3OS. The first-order chi connectivity index (χ1) is 13.6. The van der Waals surface area contributed by atoms with Crippen LogP contribution in [0.25, 0.3) is 10.8 Å². The number of amides is 1. The number of anilines is 2. The van der Waals surface area contributed by atoms with Crippen LogP contribution in [-0.4, -0.2) is 24.1 Å². The molecule has 0 atom stereocenters. The molecule has 0 aromatic heterocycles. The van der Waals surface area contributed by atoms with Crippen LogP contribution in [0.15, 0.2) is 66.7 Å². The van der Waals surface area contributed by atoms with Gasteiger partial charge in [0, 0.05) is 24.5 Å². The van der Waals surface area contributed by atoms with Crippen molar-refractivity contribution in [1.29, 1.82) is 0 Å². The predicted molar refractivity (Wildman–Crippen MR) is 122 cm³/mol. The summed E-state index contributed by atoms with van der Waals surface area (Å²) in [6, 6.07) is 22.1. The molecule has 3 aromatic carbocycles. The molecule has 0 saturated carbocycles. The average Bonchev–Trinajstić information content (AvgIpc) is 2.70. The highest BCUT2D eigenvalue weighted by Crippen LogP contribution is 2.19. The van der Waals surface area contributed by atoms with Crippen molar-refractivity contribution in [2.24, 2.45) is 0 Å². The standard InChI is InChI=1S/C23H25N3OS/c1-3-26(4-2)20-14-12-19(13-15-20)24-23(28)25-22(27)16-18-10-7-9-17-8-5-6-11-21(17)18/h5-15H,3-4,16H2,1-2H3,(H2,24,25,27,28). The fraction of sp³-hybridized carbons (Fsp3) is 0.217. The molecule has 0 fully saturated rings. The lowest BCUT2D eigenvalue weighted by atomic mass is 10.0. The zero-order chi connectivity index (χ0) is 19.9. The SMILES string of the molecule is CCN(CC)c1ccc(NC(=S)NC(=O)Cc2cccc3ccccc23)cc1. The van der Waals surface area contributed by atoms with Crippen molar-refractivity contribution in [1.82, 2.24) is 5.32 Å². The smallest absolute Gasteiger partial charge is 0.230 e. The van der Waals surface area contributed by atoms with E-state index in [0.717, 1.165) is 35.1 Å². The summed E-state index contributed by atoms with van der Waals surface area (Å²) < 4.78 is 0. The lowest BCUT2D eigenvalue weighted by molar-refractivity contribution is -0.119. The summed E-state index contributed by atoms with van der Waals surface area (Å²) >= 11 is 5.30. The summed E-state index contributed by atoms with van der Waals surface area (Å²) in [6.07, 6.45) is 0.282. The molecule has 0 unspecified atom stereocenters. The van der Waals surface area contributed by atoms with Gasteiger partial charge < -0.3 is 15.5 Å². The topological polar surface area (TPSA) is 44.4 Å². The summed E-state index contributed by atoms with van der Waals surface area (Å²) in [6.45, 7) is 6.20. The third-order valence-electron chi connectivity index (χ3n) is 4.74. The number of rotatable bonds is 6. The van der Waals surface area contributed by atoms with Crippen molar-refractivity contribution in [3.05, 3.63) is 72.3 Å². The number of hydrogen-bond donors (Lipinski definition) is 2. The molecule has 1 amide bonds. The minimum absolute atomic E-state index is 0.131. The van der Waals surface area contributed by atoms with Crippen LogP contribution >= 0.6 is 12.2 Å². The van der Waals surface area contributed by atoms with Gasteiger partial charge in [0.05, 0.1) is 6.42 Å². The highest BCUT2D eigenvalue weighted by molar-refractivity contribution is 7.80. The number of nitrogens with one attached hydrogen (secondary N) is 2. The molecule has 0 bridgehead atoms. The molecule has 0 aliphatic heterocycles. The second-order valence-electron chi connectivity index (χ2n) is 6.54. The molecule has 0 spiro atoms. The van der Waals surface area contributed by atoms with Gasteiger partial charge in [-0.25, -0.2) is 0 Å². The van der Waals surface area contributed by atoms with E-state index >= 15 is 0 Å². The van der Waals surface area contributed by atoms with Crippen molar-refractivity contribution < 1.29 is 4.79 Å². The van der Waals surface area contributed by atoms with E-state index in [-0.39, 0.29) is 12.3 Å². The summed E-state index contributed by atoms with van der Waals surface area (Å²) in [4.78, 5) is 14.7. The monoisotopic (exact) mass is 391 g/mol. The zero-order valence-corrected chi connectivity index (χ0v) is 17.1. The van der Waals surface area contributed by atoms with Gasteiger partial charge in [-0.15, -0.1) is 0 Å². The molecule has 5 heteroatoms. The maximum atomic E-state index is 12.4. The van der Waals surface area contributed by atoms with Gasteiger partial charge in [-0.2, -0.15) is 0 Å². The zero-order valence-electron chi connectivity index (χ0n) is 16.2. The maximum absolute atomic E-state index is 12.4. The van der Waals surface area contributed by atoms with Crippen molar-refractivity contribution in [2.75, 3.05) is 23.3 Å². The highest BCUT2D eigenvalue weighted by Gasteiger charge is 2.09. The van der Waals surface area contributed by atoms with E-state index < -0.39 is 0 Å². The Morgan fingerprint density at radius 3 is 2.32 bits per heavy atom. The molecule has 4 nitrogen and oxygen atoms in total. The van der Waals surface area contributed by atoms with Crippen LogP contribution in [0.5, 0.6) is 0 Å². The minimum Gasteiger partial charge on any atom is -0.372 e. The molecule has 0 aliphatic rings. The van der Waals surface area contributed by atoms with Gasteiger partial charge in [0.2, 0.25) is 5.91 Å². The fourth-order valence-electron chi connectivity index (χ4n) is 3.30. The van der Waals surface area contributed by atoms with Gasteiger partial charge >= 0.3 is 0 Å². The lowest BCUT2D eigenvalue weighted by Crippen LogP contribution is -2.35. The first kappa shape index (κ1) is 19.8. The molecule has 0 radical (unpaired) electrons. The first-order valence-corrected chi connectivity index (χ1v) is 9.94. The van der Waals surface area contributed by atoms with Gasteiger partial charge in [-0.1, -0.05) is 42.5 Å². The van der Waals surface area contributed by atoms with E-state index in [4.69, 9.17) is 12.2 Å². The van der Waals surface area contributed by atoms with E-state index in [1.165, 1.54) is 5.69 Å². The van der Waals surface area contributed by atoms with Crippen LogP contribution in [0.2, 0.25) is 0 Å². The van der Waals surface area contributed by atoms with Gasteiger partial charge in [-0.3, -0.25) is 4.79 Å². The van der Waals surface area contributed by atoms with Crippen LogP contribution in [0.3, 0.4) is 0 Å². The number of benzene rings is 3. The lowest BCUT2D eigenvalue weighted by Gasteiger charge is -2.21. The quantitative estimate of drug-likeness (QED) is 0.596. The van der Waals surface area contributed by atoms with E-state index in [2.05, 4.69) is 41.5 Å². The van der Waals surface area contributed by atoms with Crippen molar-refractivity contribution in [3.63, 3.8) is 0 Å². The molecule has 144 valence electrons. The van der Waals surface area contributed by atoms with Crippen LogP contribution in [0.1, 0.15) is 19.4 Å². The van der Waals surface area contributed by atoms with Gasteiger partial charge in [0.15, 0.2) is 5.11 Å². The van der Waals surface area contributed by atoms with E-state index in [0.29, 0.717) is 5.11 Å². The average molecular weight is 392 g/mol. The Kier molecular flexibility index (Phi) is 6.61. The number of carbonyl (C=O) groups is 1. The minimum atomic E-state index is -0.131. The summed E-state index contributed by atoms with van der Waals surface area (Å²) in [5.74, 6) is -0.131. The Morgan fingerprint density at radius 2 is 1.61 bits per heavy atom. The molecule has 28 heavy (non-hydrogen) atoms.